The molecule has 4 heteroatoms. The second-order valence-corrected chi connectivity index (χ2v) is 1.05. The van der Waals surface area contributed by atoms with Crippen molar-refractivity contribution in [3.05, 3.63) is 11.8 Å². The van der Waals surface area contributed by atoms with Crippen LogP contribution in [-0.4, -0.2) is 6.34 Å². The fraction of sp³-hybridized carbons (Fsp3) is 0. The third kappa shape index (κ3) is 2.84. The molecule has 44 valence electrons. The quantitative estimate of drug-likeness (QED) is 0.298. The van der Waals surface area contributed by atoms with Gasteiger partial charge in [0.05, 0.1) is 18.5 Å². The van der Waals surface area contributed by atoms with Crippen LogP contribution in [0.5, 0.6) is 0 Å². The number of hydrogen-bond acceptors (Lipinski definition) is 3. The van der Waals surface area contributed by atoms with Crippen LogP contribution in [0, 0.1) is 22.7 Å². The highest BCUT2D eigenvalue weighted by molar-refractivity contribution is 5.55. The maximum absolute atomic E-state index is 8.15. The van der Waals surface area contributed by atoms with Crippen LogP contribution >= 0.6 is 0 Å². The van der Waals surface area contributed by atoms with Gasteiger partial charge in [-0.2, -0.15) is 10.5 Å². The van der Waals surface area contributed by atoms with Crippen LogP contribution in [0.2, 0.25) is 0 Å². The lowest BCUT2D eigenvalue weighted by atomic mass is 10.4. The SMILES string of the molecule is N#C/C=C(C#N)/N=C\N. The van der Waals surface area contributed by atoms with E-state index < -0.39 is 0 Å². The first-order chi connectivity index (χ1) is 4.35. The average Bonchev–Trinajstić information content (AvgIpc) is 1.88. The standard InChI is InChI=1S/C5H4N4/c6-2-1-5(3-7)9-4-8/h1,4H,(H2,8,9)/b5-1+. The van der Waals surface area contributed by atoms with Crippen molar-refractivity contribution in [1.29, 1.82) is 10.5 Å². The number of hydrogen-bond donors (Lipinski definition) is 1. The van der Waals surface area contributed by atoms with Crippen LogP contribution in [0.25, 0.3) is 0 Å². The summed E-state index contributed by atoms with van der Waals surface area (Å²) in [4.78, 5) is 3.36. The summed E-state index contributed by atoms with van der Waals surface area (Å²) in [7, 11) is 0. The normalized spacial score (nSPS) is 10.7. The number of rotatable bonds is 1. The van der Waals surface area contributed by atoms with Crippen molar-refractivity contribution >= 4 is 6.34 Å². The summed E-state index contributed by atoms with van der Waals surface area (Å²) in [5.74, 6) is 0. The third-order valence-electron chi connectivity index (χ3n) is 0.529. The summed E-state index contributed by atoms with van der Waals surface area (Å²) in [6, 6.07) is 3.31. The fourth-order valence-corrected chi connectivity index (χ4v) is 0.240. The smallest absolute Gasteiger partial charge is 0.152 e. The molecule has 0 heterocycles. The van der Waals surface area contributed by atoms with E-state index in [1.165, 1.54) is 0 Å². The molecule has 0 spiro atoms. The van der Waals surface area contributed by atoms with Gasteiger partial charge in [-0.05, 0) is 0 Å². The number of nitrogens with two attached hydrogens (primary N) is 1. The van der Waals surface area contributed by atoms with Gasteiger partial charge in [-0.25, -0.2) is 4.99 Å². The average molecular weight is 120 g/mol. The van der Waals surface area contributed by atoms with Gasteiger partial charge >= 0.3 is 0 Å². The Hall–Kier alpha value is -1.81. The first kappa shape index (κ1) is 7.19. The van der Waals surface area contributed by atoms with Gasteiger partial charge in [0.25, 0.3) is 0 Å². The van der Waals surface area contributed by atoms with Gasteiger partial charge in [-0.15, -0.1) is 0 Å². The minimum absolute atomic E-state index is 0.0139. The largest absolute Gasteiger partial charge is 0.390 e. The molecular formula is C5H4N4. The summed E-state index contributed by atoms with van der Waals surface area (Å²) in [6.45, 7) is 0. The molecule has 0 aromatic carbocycles. The highest BCUT2D eigenvalue weighted by Gasteiger charge is 1.84. The molecule has 9 heavy (non-hydrogen) atoms. The van der Waals surface area contributed by atoms with Gasteiger partial charge in [-0.1, -0.05) is 0 Å². The predicted molar refractivity (Wildman–Crippen MR) is 32.0 cm³/mol. The molecule has 0 bridgehead atoms. The maximum Gasteiger partial charge on any atom is 0.152 e. The second-order valence-electron chi connectivity index (χ2n) is 1.05. The van der Waals surface area contributed by atoms with Crippen LogP contribution in [0.15, 0.2) is 16.8 Å². The summed E-state index contributed by atoms with van der Waals surface area (Å²) >= 11 is 0. The molecule has 0 unspecified atom stereocenters. The van der Waals surface area contributed by atoms with E-state index in [-0.39, 0.29) is 5.70 Å². The van der Waals surface area contributed by atoms with Gasteiger partial charge in [0.2, 0.25) is 0 Å². The van der Waals surface area contributed by atoms with Gasteiger partial charge in [-0.3, -0.25) is 0 Å². The van der Waals surface area contributed by atoms with E-state index in [1.54, 1.807) is 12.1 Å². The maximum atomic E-state index is 8.15. The zero-order valence-electron chi connectivity index (χ0n) is 4.57. The lowest BCUT2D eigenvalue weighted by molar-refractivity contribution is 1.37. The molecule has 0 fully saturated rings. The second kappa shape index (κ2) is 4.35. The van der Waals surface area contributed by atoms with Crippen molar-refractivity contribution in [2.75, 3.05) is 0 Å². The summed E-state index contributed by atoms with van der Waals surface area (Å²) in [5.41, 5.74) is 4.86. The van der Waals surface area contributed by atoms with E-state index in [1.807, 2.05) is 0 Å². The Labute approximate surface area is 52.5 Å². The molecule has 0 aromatic heterocycles. The Kier molecular flexibility index (Phi) is 3.48. The summed E-state index contributed by atoms with van der Waals surface area (Å²) < 4.78 is 0. The Bertz CT molecular complexity index is 212. The molecule has 0 atom stereocenters. The van der Waals surface area contributed by atoms with Crippen LogP contribution in [0.1, 0.15) is 0 Å². The molecule has 0 aromatic rings. The Morgan fingerprint density at radius 2 is 2.22 bits per heavy atom. The van der Waals surface area contributed by atoms with Gasteiger partial charge in [0, 0.05) is 0 Å². The molecule has 0 saturated carbocycles. The fourth-order valence-electron chi connectivity index (χ4n) is 0.240. The van der Waals surface area contributed by atoms with Crippen molar-refractivity contribution in [1.82, 2.24) is 0 Å². The van der Waals surface area contributed by atoms with Crippen molar-refractivity contribution < 1.29 is 0 Å². The van der Waals surface area contributed by atoms with Crippen LogP contribution in [0.4, 0.5) is 0 Å². The minimum atomic E-state index is 0.0139. The third-order valence-corrected chi connectivity index (χ3v) is 0.529. The molecule has 0 aliphatic carbocycles. The predicted octanol–water partition coefficient (Wildman–Crippen LogP) is -0.0955. The first-order valence-corrected chi connectivity index (χ1v) is 2.09. The molecule has 0 aliphatic rings. The Balaban J connectivity index is 4.25. The molecular weight excluding hydrogens is 116 g/mol. The topological polar surface area (TPSA) is 86.0 Å². The molecule has 0 rings (SSSR count). The van der Waals surface area contributed by atoms with E-state index in [9.17, 15) is 0 Å². The van der Waals surface area contributed by atoms with Gasteiger partial charge < -0.3 is 5.73 Å². The summed E-state index contributed by atoms with van der Waals surface area (Å²) in [6.07, 6.45) is 1.98. The molecule has 0 saturated heterocycles. The number of nitrogens with zero attached hydrogens (tertiary/aromatic N) is 3. The van der Waals surface area contributed by atoms with E-state index in [4.69, 9.17) is 16.3 Å². The zero-order chi connectivity index (χ0) is 7.11. The monoisotopic (exact) mass is 120 g/mol. The van der Waals surface area contributed by atoms with E-state index in [0.717, 1.165) is 12.4 Å². The molecule has 0 radical (unpaired) electrons. The lowest BCUT2D eigenvalue weighted by Gasteiger charge is -1.77. The van der Waals surface area contributed by atoms with E-state index >= 15 is 0 Å². The highest BCUT2D eigenvalue weighted by Crippen LogP contribution is 1.89. The number of nitriles is 2. The molecule has 2 N–H and O–H groups in total. The van der Waals surface area contributed by atoms with Crippen molar-refractivity contribution in [3.8, 4) is 12.1 Å². The first-order valence-electron chi connectivity index (χ1n) is 2.09. The highest BCUT2D eigenvalue weighted by atomic mass is 14.8. The van der Waals surface area contributed by atoms with Gasteiger partial charge in [0.1, 0.15) is 6.07 Å². The number of aliphatic imine (C=N–C) groups is 1. The van der Waals surface area contributed by atoms with Crippen LogP contribution in [-0.2, 0) is 0 Å². The Morgan fingerprint density at radius 1 is 1.56 bits per heavy atom. The molecule has 0 amide bonds. The minimum Gasteiger partial charge on any atom is -0.390 e. The van der Waals surface area contributed by atoms with Crippen molar-refractivity contribution in [3.63, 3.8) is 0 Å². The zero-order valence-corrected chi connectivity index (χ0v) is 4.57. The van der Waals surface area contributed by atoms with E-state index in [2.05, 4.69) is 4.99 Å². The Morgan fingerprint density at radius 3 is 2.56 bits per heavy atom. The lowest BCUT2D eigenvalue weighted by Crippen LogP contribution is -1.88. The molecule has 0 aliphatic heterocycles. The summed E-state index contributed by atoms with van der Waals surface area (Å²) in [5, 5.41) is 16.2. The van der Waals surface area contributed by atoms with Crippen molar-refractivity contribution in [2.45, 2.75) is 0 Å². The molecule has 4 nitrogen and oxygen atoms in total. The van der Waals surface area contributed by atoms with Crippen molar-refractivity contribution in [2.24, 2.45) is 10.7 Å². The van der Waals surface area contributed by atoms with Crippen LogP contribution in [0.3, 0.4) is 0 Å². The van der Waals surface area contributed by atoms with E-state index in [0.29, 0.717) is 0 Å². The van der Waals surface area contributed by atoms with Gasteiger partial charge in [0.15, 0.2) is 5.70 Å². The number of allylic oxidation sites excluding steroid dienone is 2. The van der Waals surface area contributed by atoms with Crippen LogP contribution < -0.4 is 5.73 Å².